The van der Waals surface area contributed by atoms with E-state index in [2.05, 4.69) is 10.3 Å². The summed E-state index contributed by atoms with van der Waals surface area (Å²) in [5, 5.41) is 12.4. The van der Waals surface area contributed by atoms with Crippen molar-refractivity contribution < 1.29 is 14.3 Å². The van der Waals surface area contributed by atoms with Crippen LogP contribution in [0.25, 0.3) is 11.7 Å². The number of nitrogens with one attached hydrogen (secondary N) is 1. The molecule has 2 aromatic heterocycles. The van der Waals surface area contributed by atoms with Gasteiger partial charge in [0.1, 0.15) is 34.4 Å². The van der Waals surface area contributed by atoms with Crippen molar-refractivity contribution in [2.75, 3.05) is 12.4 Å². The molecule has 0 aliphatic carbocycles. The third kappa shape index (κ3) is 5.04. The molecule has 0 aliphatic heterocycles. The molecule has 0 unspecified atom stereocenters. The molecule has 0 atom stereocenters. The van der Waals surface area contributed by atoms with Crippen LogP contribution in [0.15, 0.2) is 77.2 Å². The zero-order valence-electron chi connectivity index (χ0n) is 19.4. The molecule has 0 radical (unpaired) electrons. The number of methoxy groups -OCH3 is 1. The predicted octanol–water partition coefficient (Wildman–Crippen LogP) is 4.66. The van der Waals surface area contributed by atoms with Crippen molar-refractivity contribution in [3.05, 3.63) is 99.5 Å². The smallest absolute Gasteiger partial charge is 0.269 e. The minimum atomic E-state index is -0.684. The van der Waals surface area contributed by atoms with Gasteiger partial charge in [-0.25, -0.2) is 0 Å². The number of fused-ring (bicyclic) bond motifs is 1. The van der Waals surface area contributed by atoms with Crippen LogP contribution in [0.4, 0.5) is 5.69 Å². The molecule has 4 aromatic rings. The zero-order chi connectivity index (χ0) is 24.9. The van der Waals surface area contributed by atoms with Crippen LogP contribution in [0.3, 0.4) is 0 Å². The fourth-order valence-corrected chi connectivity index (χ4v) is 3.48. The maximum atomic E-state index is 13.4. The van der Waals surface area contributed by atoms with Crippen molar-refractivity contribution in [3.63, 3.8) is 0 Å². The van der Waals surface area contributed by atoms with E-state index < -0.39 is 11.5 Å². The van der Waals surface area contributed by atoms with Crippen LogP contribution in [0.2, 0.25) is 0 Å². The van der Waals surface area contributed by atoms with Crippen molar-refractivity contribution in [3.8, 4) is 23.4 Å². The predicted molar refractivity (Wildman–Crippen MR) is 133 cm³/mol. The maximum Gasteiger partial charge on any atom is 0.269 e. The number of hydrogen-bond acceptors (Lipinski definition) is 6. The van der Waals surface area contributed by atoms with Crippen molar-refractivity contribution in [1.82, 2.24) is 9.38 Å². The van der Waals surface area contributed by atoms with Crippen molar-refractivity contribution in [2.45, 2.75) is 13.8 Å². The van der Waals surface area contributed by atoms with Gasteiger partial charge in [-0.1, -0.05) is 24.3 Å². The van der Waals surface area contributed by atoms with Crippen LogP contribution in [0.1, 0.15) is 16.7 Å². The topological polar surface area (TPSA) is 106 Å². The summed E-state index contributed by atoms with van der Waals surface area (Å²) in [4.78, 5) is 30.8. The monoisotopic (exact) mass is 466 g/mol. The van der Waals surface area contributed by atoms with Gasteiger partial charge in [-0.05, 0) is 61.4 Å². The summed E-state index contributed by atoms with van der Waals surface area (Å²) in [6.45, 7) is 3.74. The average Bonchev–Trinajstić information content (AvgIpc) is 2.85. The molecule has 1 amide bonds. The largest absolute Gasteiger partial charge is 0.497 e. The number of nitriles is 1. The van der Waals surface area contributed by atoms with Crippen LogP contribution in [0, 0.1) is 25.2 Å². The Morgan fingerprint density at radius 1 is 1.09 bits per heavy atom. The Bertz CT molecular complexity index is 1560. The lowest BCUT2D eigenvalue weighted by Crippen LogP contribution is -2.20. The van der Waals surface area contributed by atoms with E-state index in [-0.39, 0.29) is 17.0 Å². The van der Waals surface area contributed by atoms with Gasteiger partial charge in [0.25, 0.3) is 11.5 Å². The number of anilines is 1. The second-order valence-electron chi connectivity index (χ2n) is 7.80. The Morgan fingerprint density at radius 3 is 2.60 bits per heavy atom. The number of rotatable bonds is 6. The van der Waals surface area contributed by atoms with Crippen LogP contribution >= 0.6 is 0 Å². The fourth-order valence-electron chi connectivity index (χ4n) is 3.48. The summed E-state index contributed by atoms with van der Waals surface area (Å²) in [6, 6.07) is 19.4. The minimum absolute atomic E-state index is 0.00293. The third-order valence-electron chi connectivity index (χ3n) is 5.23. The number of pyridine rings is 1. The van der Waals surface area contributed by atoms with Crippen molar-refractivity contribution >= 4 is 23.3 Å². The molecule has 2 aromatic carbocycles. The number of aromatic nitrogens is 2. The number of nitrogens with zero attached hydrogens (tertiary/aromatic N) is 3. The second-order valence-corrected chi connectivity index (χ2v) is 7.80. The van der Waals surface area contributed by atoms with Gasteiger partial charge in [-0.2, -0.15) is 10.2 Å². The van der Waals surface area contributed by atoms with Crippen molar-refractivity contribution in [2.24, 2.45) is 0 Å². The van der Waals surface area contributed by atoms with Crippen LogP contribution in [-0.4, -0.2) is 22.4 Å². The highest BCUT2D eigenvalue weighted by Crippen LogP contribution is 2.26. The molecular weight excluding hydrogens is 444 g/mol. The standard InChI is InChI=1S/C27H22N4O4/c1-17-7-4-11-22(13-17)35-26-23(27(33)31-12-6-8-18(2)24(31)30-26)14-19(16-28)25(32)29-20-9-5-10-21(15-20)34-3/h4-15H,1-3H3,(H,29,32)/b19-14-. The lowest BCUT2D eigenvalue weighted by atomic mass is 10.1. The van der Waals surface area contributed by atoms with E-state index in [0.29, 0.717) is 22.8 Å². The first-order valence-corrected chi connectivity index (χ1v) is 10.7. The maximum absolute atomic E-state index is 13.4. The molecule has 174 valence electrons. The van der Waals surface area contributed by atoms with E-state index in [1.54, 1.807) is 48.7 Å². The number of ether oxygens (including phenoxy) is 2. The lowest BCUT2D eigenvalue weighted by Gasteiger charge is -2.12. The number of hydrogen-bond donors (Lipinski definition) is 1. The Hall–Kier alpha value is -4.90. The summed E-state index contributed by atoms with van der Waals surface area (Å²) in [7, 11) is 1.51. The van der Waals surface area contributed by atoms with E-state index >= 15 is 0 Å². The molecule has 1 N–H and O–H groups in total. The summed E-state index contributed by atoms with van der Waals surface area (Å²) in [5.74, 6) is 0.336. The van der Waals surface area contributed by atoms with E-state index in [9.17, 15) is 14.9 Å². The summed E-state index contributed by atoms with van der Waals surface area (Å²) in [5.41, 5.74) is 1.81. The second kappa shape index (κ2) is 9.93. The van der Waals surface area contributed by atoms with E-state index in [1.165, 1.54) is 17.6 Å². The molecule has 2 heterocycles. The number of benzene rings is 2. The first kappa shape index (κ1) is 23.3. The van der Waals surface area contributed by atoms with Gasteiger partial charge < -0.3 is 14.8 Å². The van der Waals surface area contributed by atoms with E-state index in [0.717, 1.165) is 11.1 Å². The molecule has 8 heteroatoms. The quantitative estimate of drug-likeness (QED) is 0.327. The van der Waals surface area contributed by atoms with E-state index in [1.807, 2.05) is 38.1 Å². The molecule has 35 heavy (non-hydrogen) atoms. The summed E-state index contributed by atoms with van der Waals surface area (Å²) < 4.78 is 12.5. The van der Waals surface area contributed by atoms with E-state index in [4.69, 9.17) is 9.47 Å². The molecule has 0 saturated carbocycles. The molecule has 0 fully saturated rings. The molecule has 0 bridgehead atoms. The Labute approximate surface area is 201 Å². The third-order valence-corrected chi connectivity index (χ3v) is 5.23. The molecule has 0 saturated heterocycles. The average molecular weight is 466 g/mol. The number of aryl methyl sites for hydroxylation is 2. The van der Waals surface area contributed by atoms with Crippen LogP contribution in [0.5, 0.6) is 17.4 Å². The van der Waals surface area contributed by atoms with Gasteiger partial charge >= 0.3 is 0 Å². The molecule has 0 aliphatic rings. The van der Waals surface area contributed by atoms with Gasteiger partial charge in [0.15, 0.2) is 0 Å². The van der Waals surface area contributed by atoms with Gasteiger partial charge in [0, 0.05) is 18.0 Å². The Balaban J connectivity index is 1.82. The highest BCUT2D eigenvalue weighted by molar-refractivity contribution is 6.09. The minimum Gasteiger partial charge on any atom is -0.497 e. The SMILES string of the molecule is COc1cccc(NC(=O)/C(C#N)=C\c2c(Oc3cccc(C)c3)nc3c(C)cccn3c2=O)c1. The number of carbonyl (C=O) groups is 1. The lowest BCUT2D eigenvalue weighted by molar-refractivity contribution is -0.112. The van der Waals surface area contributed by atoms with Gasteiger partial charge in [0.05, 0.1) is 7.11 Å². The number of amides is 1. The first-order chi connectivity index (χ1) is 16.9. The van der Waals surface area contributed by atoms with Crippen molar-refractivity contribution in [1.29, 1.82) is 5.26 Å². The first-order valence-electron chi connectivity index (χ1n) is 10.7. The van der Waals surface area contributed by atoms with Gasteiger partial charge in [-0.15, -0.1) is 0 Å². The Kier molecular flexibility index (Phi) is 6.60. The van der Waals surface area contributed by atoms with Gasteiger partial charge in [0.2, 0.25) is 5.88 Å². The summed E-state index contributed by atoms with van der Waals surface area (Å²) in [6.07, 6.45) is 2.78. The van der Waals surface area contributed by atoms with Crippen LogP contribution in [-0.2, 0) is 4.79 Å². The van der Waals surface area contributed by atoms with Crippen LogP contribution < -0.4 is 20.3 Å². The normalized spacial score (nSPS) is 11.1. The molecule has 4 rings (SSSR count). The molecule has 8 nitrogen and oxygen atoms in total. The Morgan fingerprint density at radius 2 is 1.86 bits per heavy atom. The highest BCUT2D eigenvalue weighted by atomic mass is 16.5. The molecule has 0 spiro atoms. The summed E-state index contributed by atoms with van der Waals surface area (Å²) >= 11 is 0. The van der Waals surface area contributed by atoms with Gasteiger partial charge in [-0.3, -0.25) is 14.0 Å². The molecular formula is C27H22N4O4. The fraction of sp³-hybridized carbons (Fsp3) is 0.111. The number of carbonyl (C=O) groups excluding carboxylic acids is 1. The zero-order valence-corrected chi connectivity index (χ0v) is 19.4. The highest BCUT2D eigenvalue weighted by Gasteiger charge is 2.18.